The van der Waals surface area contributed by atoms with Crippen molar-refractivity contribution in [1.29, 1.82) is 0 Å². The minimum absolute atomic E-state index is 0.133. The van der Waals surface area contributed by atoms with Gasteiger partial charge in [-0.2, -0.15) is 0 Å². The van der Waals surface area contributed by atoms with Gasteiger partial charge in [-0.25, -0.2) is 9.78 Å². The lowest BCUT2D eigenvalue weighted by molar-refractivity contribution is -0.113. The molecule has 3 aromatic rings. The van der Waals surface area contributed by atoms with Crippen molar-refractivity contribution in [3.8, 4) is 0 Å². The molecule has 7 heteroatoms. The lowest BCUT2D eigenvalue weighted by Gasteiger charge is -2.05. The molecule has 1 heterocycles. The number of thioether (sulfide) groups is 1. The normalized spacial score (nSPS) is 10.7. The Morgan fingerprint density at radius 2 is 2.08 bits per heavy atom. The molecule has 0 saturated carbocycles. The van der Waals surface area contributed by atoms with E-state index in [1.54, 1.807) is 12.1 Å². The number of rotatable bonds is 5. The summed E-state index contributed by atoms with van der Waals surface area (Å²) in [6, 6.07) is 12.1. The lowest BCUT2D eigenvalue weighted by Crippen LogP contribution is -2.14. The van der Waals surface area contributed by atoms with Crippen LogP contribution in [0.3, 0.4) is 0 Å². The molecule has 2 aromatic carbocycles. The number of aryl methyl sites for hydroxylation is 1. The van der Waals surface area contributed by atoms with Gasteiger partial charge < -0.3 is 15.4 Å². The van der Waals surface area contributed by atoms with Gasteiger partial charge in [0.1, 0.15) is 0 Å². The molecular weight excluding hydrogens is 326 g/mol. The average molecular weight is 341 g/mol. The summed E-state index contributed by atoms with van der Waals surface area (Å²) in [6.07, 6.45) is 0. The Bertz CT molecular complexity index is 920. The van der Waals surface area contributed by atoms with E-state index in [9.17, 15) is 9.59 Å². The van der Waals surface area contributed by atoms with Crippen molar-refractivity contribution in [3.63, 3.8) is 0 Å². The van der Waals surface area contributed by atoms with Gasteiger partial charge in [0, 0.05) is 5.69 Å². The molecular formula is C17H15N3O3S. The second-order valence-corrected chi connectivity index (χ2v) is 6.25. The number of amides is 1. The maximum atomic E-state index is 12.0. The molecule has 0 aliphatic heterocycles. The number of aromatic nitrogens is 2. The monoisotopic (exact) mass is 341 g/mol. The number of carbonyl (C=O) groups excluding carboxylic acids is 1. The van der Waals surface area contributed by atoms with Gasteiger partial charge in [-0.1, -0.05) is 23.9 Å². The highest BCUT2D eigenvalue weighted by Gasteiger charge is 2.09. The Morgan fingerprint density at radius 3 is 2.88 bits per heavy atom. The number of anilines is 1. The van der Waals surface area contributed by atoms with Gasteiger partial charge >= 0.3 is 5.97 Å². The maximum absolute atomic E-state index is 12.0. The summed E-state index contributed by atoms with van der Waals surface area (Å²) >= 11 is 1.29. The summed E-state index contributed by atoms with van der Waals surface area (Å²) in [5.41, 5.74) is 3.53. The van der Waals surface area contributed by atoms with E-state index in [4.69, 9.17) is 5.11 Å². The largest absolute Gasteiger partial charge is 0.478 e. The van der Waals surface area contributed by atoms with E-state index in [0.717, 1.165) is 16.6 Å². The third-order valence-electron chi connectivity index (χ3n) is 3.35. The highest BCUT2D eigenvalue weighted by Crippen LogP contribution is 2.20. The number of imidazole rings is 1. The zero-order valence-corrected chi connectivity index (χ0v) is 13.7. The number of carboxylic acids is 1. The third-order valence-corrected chi connectivity index (χ3v) is 4.22. The Balaban J connectivity index is 1.62. The first-order valence-corrected chi connectivity index (χ1v) is 8.22. The Morgan fingerprint density at radius 1 is 1.25 bits per heavy atom. The van der Waals surface area contributed by atoms with Crippen LogP contribution in [0.15, 0.2) is 47.6 Å². The van der Waals surface area contributed by atoms with Crippen LogP contribution in [0.1, 0.15) is 15.9 Å². The number of benzene rings is 2. The maximum Gasteiger partial charge on any atom is 0.335 e. The number of H-pyrrole nitrogens is 1. The number of aromatic carboxylic acids is 1. The van der Waals surface area contributed by atoms with Crippen LogP contribution in [-0.4, -0.2) is 32.7 Å². The third kappa shape index (κ3) is 3.75. The average Bonchev–Trinajstić information content (AvgIpc) is 2.95. The highest BCUT2D eigenvalue weighted by molar-refractivity contribution is 7.99. The van der Waals surface area contributed by atoms with Crippen LogP contribution in [-0.2, 0) is 4.79 Å². The lowest BCUT2D eigenvalue weighted by atomic mass is 10.2. The van der Waals surface area contributed by atoms with E-state index >= 15 is 0 Å². The van der Waals surface area contributed by atoms with Gasteiger partial charge in [0.15, 0.2) is 5.16 Å². The first-order valence-electron chi connectivity index (χ1n) is 7.23. The molecule has 0 saturated heterocycles. The van der Waals surface area contributed by atoms with E-state index in [2.05, 4.69) is 15.3 Å². The summed E-state index contributed by atoms with van der Waals surface area (Å²) in [5, 5.41) is 12.3. The van der Waals surface area contributed by atoms with Crippen LogP contribution in [0.2, 0.25) is 0 Å². The summed E-state index contributed by atoms with van der Waals surface area (Å²) in [5.74, 6) is -1.08. The number of fused-ring (bicyclic) bond motifs is 1. The Labute approximate surface area is 142 Å². The molecule has 0 fully saturated rings. The SMILES string of the molecule is Cc1ccc2nc(SCC(=O)Nc3cccc(C(=O)O)c3)[nH]c2c1. The van der Waals surface area contributed by atoms with Crippen molar-refractivity contribution in [2.24, 2.45) is 0 Å². The van der Waals surface area contributed by atoms with Gasteiger partial charge in [0.2, 0.25) is 5.91 Å². The molecule has 0 aliphatic rings. The second-order valence-electron chi connectivity index (χ2n) is 5.29. The number of hydrogen-bond acceptors (Lipinski definition) is 4. The molecule has 6 nitrogen and oxygen atoms in total. The molecule has 24 heavy (non-hydrogen) atoms. The van der Waals surface area contributed by atoms with Crippen molar-refractivity contribution in [2.75, 3.05) is 11.1 Å². The Hall–Kier alpha value is -2.80. The molecule has 0 unspecified atom stereocenters. The minimum atomic E-state index is -1.03. The van der Waals surface area contributed by atoms with Gasteiger partial charge in [0.05, 0.1) is 22.3 Å². The molecule has 1 aromatic heterocycles. The van der Waals surface area contributed by atoms with Crippen LogP contribution < -0.4 is 5.32 Å². The summed E-state index contributed by atoms with van der Waals surface area (Å²) in [6.45, 7) is 2.01. The van der Waals surface area contributed by atoms with Crippen molar-refractivity contribution in [1.82, 2.24) is 9.97 Å². The minimum Gasteiger partial charge on any atom is -0.478 e. The van der Waals surface area contributed by atoms with Gasteiger partial charge in [-0.3, -0.25) is 4.79 Å². The number of carboxylic acid groups (broad SMARTS) is 1. The fourth-order valence-corrected chi connectivity index (χ4v) is 2.91. The number of nitrogens with zero attached hydrogens (tertiary/aromatic N) is 1. The molecule has 1 amide bonds. The summed E-state index contributed by atoms with van der Waals surface area (Å²) in [4.78, 5) is 30.5. The van der Waals surface area contributed by atoms with Crippen molar-refractivity contribution in [3.05, 3.63) is 53.6 Å². The fourth-order valence-electron chi connectivity index (χ4n) is 2.23. The quantitative estimate of drug-likeness (QED) is 0.619. The molecule has 3 N–H and O–H groups in total. The number of aromatic amines is 1. The van der Waals surface area contributed by atoms with Crippen LogP contribution in [0, 0.1) is 6.92 Å². The van der Waals surface area contributed by atoms with E-state index in [1.165, 1.54) is 23.9 Å². The number of hydrogen-bond donors (Lipinski definition) is 3. The van der Waals surface area contributed by atoms with Gasteiger partial charge in [0.25, 0.3) is 0 Å². The molecule has 122 valence electrons. The van der Waals surface area contributed by atoms with E-state index in [-0.39, 0.29) is 17.2 Å². The zero-order chi connectivity index (χ0) is 17.1. The van der Waals surface area contributed by atoms with Crippen LogP contribution in [0.25, 0.3) is 11.0 Å². The molecule has 0 aliphatic carbocycles. The van der Waals surface area contributed by atoms with Gasteiger partial charge in [-0.15, -0.1) is 0 Å². The summed E-state index contributed by atoms with van der Waals surface area (Å²) < 4.78 is 0. The number of nitrogens with one attached hydrogen (secondary N) is 2. The van der Waals surface area contributed by atoms with Crippen molar-refractivity contribution in [2.45, 2.75) is 12.1 Å². The smallest absolute Gasteiger partial charge is 0.335 e. The predicted octanol–water partition coefficient (Wildman–Crippen LogP) is 3.30. The first-order chi connectivity index (χ1) is 11.5. The van der Waals surface area contributed by atoms with Crippen molar-refractivity contribution >= 4 is 40.4 Å². The first kappa shape index (κ1) is 16.1. The standard InChI is InChI=1S/C17H15N3O3S/c1-10-5-6-13-14(7-10)20-17(19-13)24-9-15(21)18-12-4-2-3-11(8-12)16(22)23/h2-8H,9H2,1H3,(H,18,21)(H,19,20)(H,22,23). The zero-order valence-electron chi connectivity index (χ0n) is 12.9. The van der Waals surface area contributed by atoms with Crippen LogP contribution in [0.4, 0.5) is 5.69 Å². The topological polar surface area (TPSA) is 95.1 Å². The molecule has 0 bridgehead atoms. The molecule has 3 rings (SSSR count). The molecule has 0 spiro atoms. The fraction of sp³-hybridized carbons (Fsp3) is 0.118. The second kappa shape index (κ2) is 6.76. The number of carbonyl (C=O) groups is 2. The van der Waals surface area contributed by atoms with Gasteiger partial charge in [-0.05, 0) is 42.8 Å². The van der Waals surface area contributed by atoms with E-state index in [1.807, 2.05) is 25.1 Å². The molecule has 0 atom stereocenters. The highest BCUT2D eigenvalue weighted by atomic mass is 32.2. The van der Waals surface area contributed by atoms with Crippen LogP contribution in [0.5, 0.6) is 0 Å². The summed E-state index contributed by atoms with van der Waals surface area (Å²) in [7, 11) is 0. The molecule has 0 radical (unpaired) electrons. The van der Waals surface area contributed by atoms with Crippen LogP contribution >= 0.6 is 11.8 Å². The van der Waals surface area contributed by atoms with E-state index < -0.39 is 5.97 Å². The van der Waals surface area contributed by atoms with E-state index in [0.29, 0.717) is 10.8 Å². The predicted molar refractivity (Wildman–Crippen MR) is 93.6 cm³/mol. The van der Waals surface area contributed by atoms with Crippen molar-refractivity contribution < 1.29 is 14.7 Å². The Kier molecular flexibility index (Phi) is 4.52.